The second-order valence-corrected chi connectivity index (χ2v) is 27.9. The quantitative estimate of drug-likeness (QED) is 0.163. The Bertz CT molecular complexity index is 3750. The van der Waals surface area contributed by atoms with Crippen molar-refractivity contribution < 1.29 is 0 Å². The summed E-state index contributed by atoms with van der Waals surface area (Å²) in [4.78, 5) is 6.61. The van der Waals surface area contributed by atoms with Crippen LogP contribution in [0, 0.1) is 27.7 Å². The molecule has 0 unspecified atom stereocenters. The third-order valence-corrected chi connectivity index (χ3v) is 18.6. The summed E-state index contributed by atoms with van der Waals surface area (Å²) in [5.41, 5.74) is 26.5. The molecule has 370 valence electrons. The predicted octanol–water partition coefficient (Wildman–Crippen LogP) is 17.6. The number of rotatable bonds is 4. The highest BCUT2D eigenvalue weighted by Gasteiger charge is 2.45. The molecular formula is C68H74BN3S. The van der Waals surface area contributed by atoms with E-state index in [2.05, 4.69) is 247 Å². The van der Waals surface area contributed by atoms with Crippen LogP contribution in [-0.4, -0.2) is 11.3 Å². The highest BCUT2D eigenvalue weighted by atomic mass is 32.1. The molecule has 0 bridgehead atoms. The van der Waals surface area contributed by atoms with E-state index in [1.165, 1.54) is 138 Å². The summed E-state index contributed by atoms with van der Waals surface area (Å²) in [6, 6.07) is 46.3. The fourth-order valence-electron chi connectivity index (χ4n) is 13.0. The average molecular weight is 976 g/mol. The van der Waals surface area contributed by atoms with E-state index >= 15 is 0 Å². The van der Waals surface area contributed by atoms with Gasteiger partial charge in [-0.1, -0.05) is 151 Å². The van der Waals surface area contributed by atoms with Gasteiger partial charge < -0.3 is 14.4 Å². The smallest absolute Gasteiger partial charge is 0.252 e. The first kappa shape index (κ1) is 47.9. The molecular weight excluding hydrogens is 902 g/mol. The number of anilines is 6. The van der Waals surface area contributed by atoms with Gasteiger partial charge in [-0.25, -0.2) is 0 Å². The number of aromatic nitrogens is 1. The molecule has 3 aliphatic rings. The molecule has 0 fully saturated rings. The van der Waals surface area contributed by atoms with Gasteiger partial charge in [0.15, 0.2) is 0 Å². The highest BCUT2D eigenvalue weighted by Crippen LogP contribution is 2.52. The van der Waals surface area contributed by atoms with Crippen LogP contribution in [0.25, 0.3) is 36.9 Å². The van der Waals surface area contributed by atoms with E-state index in [9.17, 15) is 0 Å². The summed E-state index contributed by atoms with van der Waals surface area (Å²) >= 11 is 1.95. The number of fused-ring (bicyclic) bond motifs is 10. The lowest BCUT2D eigenvalue weighted by molar-refractivity contribution is 0.332. The Morgan fingerprint density at radius 3 is 1.71 bits per heavy atom. The van der Waals surface area contributed by atoms with E-state index in [0.717, 1.165) is 12.1 Å². The van der Waals surface area contributed by atoms with Gasteiger partial charge in [-0.05, 0) is 189 Å². The summed E-state index contributed by atoms with van der Waals surface area (Å²) in [6.07, 6.45) is 2.35. The zero-order valence-electron chi connectivity index (χ0n) is 46.7. The van der Waals surface area contributed by atoms with Crippen LogP contribution in [0.4, 0.5) is 34.1 Å². The first-order chi connectivity index (χ1) is 34.2. The van der Waals surface area contributed by atoms with Crippen molar-refractivity contribution in [1.29, 1.82) is 0 Å². The van der Waals surface area contributed by atoms with Crippen LogP contribution in [0.15, 0.2) is 115 Å². The monoisotopic (exact) mass is 976 g/mol. The molecule has 9 aromatic rings. The van der Waals surface area contributed by atoms with Crippen molar-refractivity contribution in [2.75, 3.05) is 9.80 Å². The van der Waals surface area contributed by atoms with Crippen molar-refractivity contribution in [1.82, 2.24) is 4.57 Å². The van der Waals surface area contributed by atoms with E-state index in [4.69, 9.17) is 0 Å². The Morgan fingerprint density at radius 1 is 0.521 bits per heavy atom. The van der Waals surface area contributed by atoms with Crippen molar-refractivity contribution in [2.45, 2.75) is 158 Å². The predicted molar refractivity (Wildman–Crippen MR) is 321 cm³/mol. The summed E-state index contributed by atoms with van der Waals surface area (Å²) in [5, 5.41) is 4.11. The first-order valence-corrected chi connectivity index (χ1v) is 27.8. The third kappa shape index (κ3) is 7.25. The largest absolute Gasteiger partial charge is 0.311 e. The van der Waals surface area contributed by atoms with Crippen LogP contribution < -0.4 is 26.2 Å². The minimum atomic E-state index is -0.0587. The van der Waals surface area contributed by atoms with Gasteiger partial charge in [0.05, 0.1) is 5.52 Å². The third-order valence-electron chi connectivity index (χ3n) is 17.5. The molecule has 1 aliphatic carbocycles. The van der Waals surface area contributed by atoms with Gasteiger partial charge in [-0.15, -0.1) is 11.3 Å². The van der Waals surface area contributed by atoms with Gasteiger partial charge in [-0.3, -0.25) is 0 Å². The summed E-state index contributed by atoms with van der Waals surface area (Å²) in [7, 11) is 0. The number of hydrogen-bond acceptors (Lipinski definition) is 3. The molecule has 2 aromatic heterocycles. The van der Waals surface area contributed by atoms with Crippen molar-refractivity contribution in [3.05, 3.63) is 165 Å². The maximum atomic E-state index is 2.71. The number of aryl methyl sites for hydroxylation is 4. The zero-order valence-corrected chi connectivity index (χ0v) is 47.5. The Morgan fingerprint density at radius 2 is 1.11 bits per heavy atom. The molecule has 3 nitrogen and oxygen atoms in total. The van der Waals surface area contributed by atoms with Gasteiger partial charge in [0.1, 0.15) is 4.83 Å². The first-order valence-electron chi connectivity index (χ1n) is 27.0. The maximum Gasteiger partial charge on any atom is 0.252 e. The second-order valence-electron chi connectivity index (χ2n) is 26.8. The SMILES string of the molecule is Cc1cc2c3c(c1)-n1c4sc5ccccc5c4c4cc(C(C)(C)C)cc(c41)B3c1ccc(N(c3ccc(C(C)(C)C)cc3C)c3ccc(C(C)(C)C)cc3C)cc1N2c1cc2c(cc1C)C(C)(C)CCC2(C)C. The van der Waals surface area contributed by atoms with Crippen LogP contribution in [0.1, 0.15) is 153 Å². The maximum absolute atomic E-state index is 2.71. The molecule has 2 aliphatic heterocycles. The topological polar surface area (TPSA) is 11.4 Å². The van der Waals surface area contributed by atoms with Gasteiger partial charge in [-0.2, -0.15) is 0 Å². The van der Waals surface area contributed by atoms with Gasteiger partial charge in [0.25, 0.3) is 6.71 Å². The molecule has 0 radical (unpaired) electrons. The van der Waals surface area contributed by atoms with Gasteiger partial charge >= 0.3 is 0 Å². The molecule has 0 saturated carbocycles. The molecule has 0 saturated heterocycles. The lowest BCUT2D eigenvalue weighted by atomic mass is 9.33. The molecule has 5 heteroatoms. The van der Waals surface area contributed by atoms with Crippen molar-refractivity contribution in [3.63, 3.8) is 0 Å². The summed E-state index contributed by atoms with van der Waals surface area (Å²) < 4.78 is 4.02. The average Bonchev–Trinajstić information content (AvgIpc) is 3.84. The van der Waals surface area contributed by atoms with Crippen molar-refractivity contribution >= 4 is 99.8 Å². The number of hydrogen-bond donors (Lipinski definition) is 0. The van der Waals surface area contributed by atoms with Gasteiger partial charge in [0.2, 0.25) is 0 Å². The van der Waals surface area contributed by atoms with Crippen LogP contribution in [0.3, 0.4) is 0 Å². The molecule has 7 aromatic carbocycles. The van der Waals surface area contributed by atoms with E-state index in [-0.39, 0.29) is 33.8 Å². The molecule has 0 N–H and O–H groups in total. The van der Waals surface area contributed by atoms with Crippen LogP contribution >= 0.6 is 11.3 Å². The normalized spacial score (nSPS) is 15.8. The molecule has 4 heterocycles. The molecule has 0 amide bonds. The fraction of sp³-hybridized carbons (Fsp3) is 0.353. The minimum Gasteiger partial charge on any atom is -0.311 e. The lowest BCUT2D eigenvalue weighted by Crippen LogP contribution is -2.60. The molecule has 0 atom stereocenters. The van der Waals surface area contributed by atoms with Gasteiger partial charge in [0, 0.05) is 60.7 Å². The number of nitrogens with zero attached hydrogens (tertiary/aromatic N) is 3. The van der Waals surface area contributed by atoms with Crippen LogP contribution in [0.5, 0.6) is 0 Å². The Hall–Kier alpha value is -6.04. The Labute approximate surface area is 440 Å². The van der Waals surface area contributed by atoms with E-state index in [1.807, 2.05) is 11.3 Å². The Balaban J connectivity index is 1.21. The van der Waals surface area contributed by atoms with Crippen molar-refractivity contribution in [2.24, 2.45) is 0 Å². The molecule has 73 heavy (non-hydrogen) atoms. The lowest BCUT2D eigenvalue weighted by Gasteiger charge is -2.45. The zero-order chi connectivity index (χ0) is 51.8. The molecule has 12 rings (SSSR count). The van der Waals surface area contributed by atoms with Crippen LogP contribution in [-0.2, 0) is 27.1 Å². The summed E-state index contributed by atoms with van der Waals surface area (Å²) in [6.45, 7) is 40.3. The van der Waals surface area contributed by atoms with Crippen LogP contribution in [0.2, 0.25) is 0 Å². The standard InChI is InChI=1S/C68H74BN3S/c1-39-30-57-61-58(31-39)72-62-48(60-47-20-18-19-21-59(47)73-63(60)72)35-45(66(11,12)13)36-52(62)69(61)51-25-24-46(37-56(51)71(57)55-38-50-49(34-42(55)4)67(14,15)28-29-68(50,16)17)70(53-26-22-43(32-40(53)2)64(5,6)7)54-27-23-44(33-41(54)3)65(8,9)10/h18-27,30-38H,28-29H2,1-17H3. The minimum absolute atomic E-state index is 0.0147. The van der Waals surface area contributed by atoms with E-state index in [0.29, 0.717) is 0 Å². The van der Waals surface area contributed by atoms with Crippen molar-refractivity contribution in [3.8, 4) is 5.69 Å². The number of thiophene rings is 1. The number of benzene rings is 7. The summed E-state index contributed by atoms with van der Waals surface area (Å²) in [5.74, 6) is 0. The second kappa shape index (κ2) is 15.7. The molecule has 0 spiro atoms. The highest BCUT2D eigenvalue weighted by molar-refractivity contribution is 7.26. The van der Waals surface area contributed by atoms with E-state index < -0.39 is 0 Å². The Kier molecular flexibility index (Phi) is 10.3. The van der Waals surface area contributed by atoms with E-state index in [1.54, 1.807) is 0 Å². The fourth-order valence-corrected chi connectivity index (χ4v) is 14.3.